The summed E-state index contributed by atoms with van der Waals surface area (Å²) in [5, 5.41) is 5.69. The summed E-state index contributed by atoms with van der Waals surface area (Å²) >= 11 is 1.72. The Morgan fingerprint density at radius 1 is 1.50 bits per heavy atom. The van der Waals surface area contributed by atoms with E-state index in [4.69, 9.17) is 4.98 Å². The van der Waals surface area contributed by atoms with Crippen LogP contribution in [0.4, 0.5) is 0 Å². The zero-order valence-corrected chi connectivity index (χ0v) is 11.7. The molecule has 3 rings (SSSR count). The van der Waals surface area contributed by atoms with Crippen LogP contribution in [-0.4, -0.2) is 22.0 Å². The minimum Gasteiger partial charge on any atom is -0.314 e. The SMILES string of the molecule is CCNC1CCCC(Cc2cn3ccsc3n2)C1. The van der Waals surface area contributed by atoms with E-state index in [1.54, 1.807) is 11.3 Å². The number of thiazole rings is 1. The van der Waals surface area contributed by atoms with Gasteiger partial charge in [0.2, 0.25) is 0 Å². The van der Waals surface area contributed by atoms with Gasteiger partial charge in [0.05, 0.1) is 5.69 Å². The number of aromatic nitrogens is 2. The van der Waals surface area contributed by atoms with Gasteiger partial charge in [0.1, 0.15) is 0 Å². The molecule has 2 aromatic rings. The maximum atomic E-state index is 4.70. The average molecular weight is 263 g/mol. The standard InChI is InChI=1S/C14H21N3S/c1-2-15-12-5-3-4-11(8-12)9-13-10-17-6-7-18-14(17)16-13/h6-7,10-12,15H,2-5,8-9H2,1H3. The molecule has 98 valence electrons. The van der Waals surface area contributed by atoms with Crippen molar-refractivity contribution in [2.45, 2.75) is 45.1 Å². The molecule has 1 fully saturated rings. The van der Waals surface area contributed by atoms with Crippen LogP contribution in [0.5, 0.6) is 0 Å². The molecule has 1 saturated carbocycles. The van der Waals surface area contributed by atoms with Crippen molar-refractivity contribution in [3.05, 3.63) is 23.5 Å². The first-order chi connectivity index (χ1) is 8.85. The molecule has 0 bridgehead atoms. The van der Waals surface area contributed by atoms with Crippen molar-refractivity contribution in [3.63, 3.8) is 0 Å². The van der Waals surface area contributed by atoms with E-state index in [-0.39, 0.29) is 0 Å². The summed E-state index contributed by atoms with van der Waals surface area (Å²) in [4.78, 5) is 5.83. The van der Waals surface area contributed by atoms with Crippen LogP contribution in [0.25, 0.3) is 4.96 Å². The van der Waals surface area contributed by atoms with Crippen LogP contribution in [0, 0.1) is 5.92 Å². The third-order valence-corrected chi connectivity index (χ3v) is 4.69. The van der Waals surface area contributed by atoms with Gasteiger partial charge in [-0.2, -0.15) is 0 Å². The summed E-state index contributed by atoms with van der Waals surface area (Å²) < 4.78 is 2.14. The van der Waals surface area contributed by atoms with Crippen molar-refractivity contribution in [2.24, 2.45) is 5.92 Å². The molecule has 4 heteroatoms. The Bertz CT molecular complexity index is 471. The first-order valence-corrected chi connectivity index (χ1v) is 7.87. The van der Waals surface area contributed by atoms with E-state index >= 15 is 0 Å². The Balaban J connectivity index is 1.63. The highest BCUT2D eigenvalue weighted by Crippen LogP contribution is 2.27. The summed E-state index contributed by atoms with van der Waals surface area (Å²) in [6.07, 6.45) is 10.8. The second-order valence-electron chi connectivity index (χ2n) is 5.32. The van der Waals surface area contributed by atoms with Gasteiger partial charge >= 0.3 is 0 Å². The Morgan fingerprint density at radius 2 is 2.44 bits per heavy atom. The smallest absolute Gasteiger partial charge is 0.193 e. The highest BCUT2D eigenvalue weighted by Gasteiger charge is 2.22. The van der Waals surface area contributed by atoms with Gasteiger partial charge in [0.25, 0.3) is 0 Å². The summed E-state index contributed by atoms with van der Waals surface area (Å²) in [5.41, 5.74) is 1.27. The first-order valence-electron chi connectivity index (χ1n) is 6.99. The molecule has 3 nitrogen and oxygen atoms in total. The fourth-order valence-electron chi connectivity index (χ4n) is 3.12. The molecule has 2 unspecified atom stereocenters. The van der Waals surface area contributed by atoms with E-state index in [9.17, 15) is 0 Å². The molecule has 0 aliphatic heterocycles. The van der Waals surface area contributed by atoms with Gasteiger partial charge in [-0.25, -0.2) is 4.98 Å². The number of fused-ring (bicyclic) bond motifs is 1. The second kappa shape index (κ2) is 5.41. The Morgan fingerprint density at radius 3 is 3.28 bits per heavy atom. The molecule has 0 amide bonds. The van der Waals surface area contributed by atoms with Crippen LogP contribution in [0.1, 0.15) is 38.3 Å². The van der Waals surface area contributed by atoms with E-state index in [2.05, 4.69) is 34.4 Å². The molecule has 0 aromatic carbocycles. The number of imidazole rings is 1. The number of nitrogens with zero attached hydrogens (tertiary/aromatic N) is 2. The van der Waals surface area contributed by atoms with Crippen molar-refractivity contribution < 1.29 is 0 Å². The molecule has 1 aliphatic carbocycles. The lowest BCUT2D eigenvalue weighted by Crippen LogP contribution is -2.34. The minimum atomic E-state index is 0.734. The third-order valence-electron chi connectivity index (χ3n) is 3.92. The number of hydrogen-bond acceptors (Lipinski definition) is 3. The van der Waals surface area contributed by atoms with Gasteiger partial charge in [-0.3, -0.25) is 4.40 Å². The van der Waals surface area contributed by atoms with E-state index in [0.717, 1.165) is 29.9 Å². The van der Waals surface area contributed by atoms with Gasteiger partial charge in [0.15, 0.2) is 4.96 Å². The normalized spacial score (nSPS) is 24.7. The predicted octanol–water partition coefficient (Wildman–Crippen LogP) is 3.11. The van der Waals surface area contributed by atoms with Crippen molar-refractivity contribution in [2.75, 3.05) is 6.54 Å². The molecular weight excluding hydrogens is 242 g/mol. The zero-order chi connectivity index (χ0) is 12.4. The predicted molar refractivity (Wildman–Crippen MR) is 76.2 cm³/mol. The third kappa shape index (κ3) is 2.59. The van der Waals surface area contributed by atoms with Crippen molar-refractivity contribution in [3.8, 4) is 0 Å². The van der Waals surface area contributed by atoms with Gasteiger partial charge in [-0.15, -0.1) is 11.3 Å². The zero-order valence-electron chi connectivity index (χ0n) is 10.9. The monoisotopic (exact) mass is 263 g/mol. The fourth-order valence-corrected chi connectivity index (χ4v) is 3.84. The molecule has 2 aromatic heterocycles. The number of hydrogen-bond donors (Lipinski definition) is 1. The van der Waals surface area contributed by atoms with Crippen LogP contribution in [-0.2, 0) is 6.42 Å². The van der Waals surface area contributed by atoms with Crippen LogP contribution in [0.2, 0.25) is 0 Å². The largest absolute Gasteiger partial charge is 0.314 e. The molecular formula is C14H21N3S. The molecule has 1 aliphatic rings. The fraction of sp³-hybridized carbons (Fsp3) is 0.643. The molecule has 18 heavy (non-hydrogen) atoms. The van der Waals surface area contributed by atoms with Gasteiger partial charge in [-0.05, 0) is 38.1 Å². The lowest BCUT2D eigenvalue weighted by atomic mass is 9.83. The first kappa shape index (κ1) is 12.2. The summed E-state index contributed by atoms with van der Waals surface area (Å²) in [7, 11) is 0. The highest BCUT2D eigenvalue weighted by molar-refractivity contribution is 7.15. The Labute approximate surface area is 112 Å². The van der Waals surface area contributed by atoms with Crippen LogP contribution >= 0.6 is 11.3 Å². The van der Waals surface area contributed by atoms with Crippen LogP contribution < -0.4 is 5.32 Å². The molecule has 0 saturated heterocycles. The van der Waals surface area contributed by atoms with Gasteiger partial charge in [-0.1, -0.05) is 13.3 Å². The van der Waals surface area contributed by atoms with E-state index in [1.807, 2.05) is 0 Å². The Kier molecular flexibility index (Phi) is 3.66. The van der Waals surface area contributed by atoms with Crippen molar-refractivity contribution in [1.29, 1.82) is 0 Å². The highest BCUT2D eigenvalue weighted by atomic mass is 32.1. The van der Waals surface area contributed by atoms with E-state index < -0.39 is 0 Å². The molecule has 0 radical (unpaired) electrons. The van der Waals surface area contributed by atoms with Crippen molar-refractivity contribution >= 4 is 16.3 Å². The van der Waals surface area contributed by atoms with E-state index in [0.29, 0.717) is 0 Å². The number of rotatable bonds is 4. The quantitative estimate of drug-likeness (QED) is 0.918. The summed E-state index contributed by atoms with van der Waals surface area (Å²) in [6.45, 7) is 3.30. The number of nitrogens with one attached hydrogen (secondary N) is 1. The lowest BCUT2D eigenvalue weighted by molar-refractivity contribution is 0.286. The van der Waals surface area contributed by atoms with Gasteiger partial charge in [0, 0.05) is 23.8 Å². The Hall–Kier alpha value is -0.870. The van der Waals surface area contributed by atoms with Crippen LogP contribution in [0.15, 0.2) is 17.8 Å². The second-order valence-corrected chi connectivity index (χ2v) is 6.19. The lowest BCUT2D eigenvalue weighted by Gasteiger charge is -2.29. The van der Waals surface area contributed by atoms with Gasteiger partial charge < -0.3 is 5.32 Å². The molecule has 0 spiro atoms. The summed E-state index contributed by atoms with van der Waals surface area (Å²) in [6, 6.07) is 0.734. The van der Waals surface area contributed by atoms with E-state index in [1.165, 1.54) is 31.4 Å². The topological polar surface area (TPSA) is 29.3 Å². The van der Waals surface area contributed by atoms with Crippen molar-refractivity contribution in [1.82, 2.24) is 14.7 Å². The molecule has 2 atom stereocenters. The average Bonchev–Trinajstić information content (AvgIpc) is 2.90. The maximum absolute atomic E-state index is 4.70. The summed E-state index contributed by atoms with van der Waals surface area (Å²) in [5.74, 6) is 0.812. The molecule has 2 heterocycles. The maximum Gasteiger partial charge on any atom is 0.193 e. The van der Waals surface area contributed by atoms with Crippen LogP contribution in [0.3, 0.4) is 0 Å². The molecule has 1 N–H and O–H groups in total. The minimum absolute atomic E-state index is 0.734.